The Morgan fingerprint density at radius 1 is 1.25 bits per heavy atom. The molecule has 0 atom stereocenters. The quantitative estimate of drug-likeness (QED) is 0.590. The number of allylic oxidation sites excluding steroid dienone is 2. The SMILES string of the molecule is C#C/C=C\CCc1ccccc1. The Bertz CT molecular complexity index is 275. The summed E-state index contributed by atoms with van der Waals surface area (Å²) < 4.78 is 0. The molecule has 1 aromatic rings. The Kier molecular flexibility index (Phi) is 3.74. The summed E-state index contributed by atoms with van der Waals surface area (Å²) in [6.45, 7) is 0. The van der Waals surface area contributed by atoms with Crippen LogP contribution in [0.3, 0.4) is 0 Å². The van der Waals surface area contributed by atoms with E-state index in [4.69, 9.17) is 6.42 Å². The van der Waals surface area contributed by atoms with E-state index in [2.05, 4.69) is 30.2 Å². The first-order chi connectivity index (χ1) is 5.93. The number of hydrogen-bond donors (Lipinski definition) is 0. The van der Waals surface area contributed by atoms with Crippen LogP contribution in [0.2, 0.25) is 0 Å². The van der Waals surface area contributed by atoms with Crippen LogP contribution < -0.4 is 0 Å². The summed E-state index contributed by atoms with van der Waals surface area (Å²) in [4.78, 5) is 0. The lowest BCUT2D eigenvalue weighted by atomic mass is 10.1. The van der Waals surface area contributed by atoms with Crippen molar-refractivity contribution in [1.82, 2.24) is 0 Å². The summed E-state index contributed by atoms with van der Waals surface area (Å²) in [6, 6.07) is 10.4. The zero-order chi connectivity index (χ0) is 8.65. The van der Waals surface area contributed by atoms with Gasteiger partial charge < -0.3 is 0 Å². The third kappa shape index (κ3) is 3.07. The molecule has 0 spiro atoms. The molecule has 0 saturated carbocycles. The van der Waals surface area contributed by atoms with Gasteiger partial charge in [0.25, 0.3) is 0 Å². The average molecular weight is 156 g/mol. The first-order valence-electron chi connectivity index (χ1n) is 4.08. The molecule has 0 heterocycles. The maximum absolute atomic E-state index is 5.07. The van der Waals surface area contributed by atoms with E-state index in [1.165, 1.54) is 5.56 Å². The Hall–Kier alpha value is -1.48. The van der Waals surface area contributed by atoms with Crippen LogP contribution in [0, 0.1) is 12.3 Å². The maximum Gasteiger partial charge on any atom is -0.0161 e. The summed E-state index contributed by atoms with van der Waals surface area (Å²) in [5.74, 6) is 2.47. The molecule has 0 saturated heterocycles. The standard InChI is InChI=1S/C12H12/c1-2-3-4-6-9-12-10-7-5-8-11-12/h1,3-5,7-8,10-11H,6,9H2/b4-3-. The highest BCUT2D eigenvalue weighted by Gasteiger charge is 1.86. The number of benzene rings is 1. The summed E-state index contributed by atoms with van der Waals surface area (Å²) >= 11 is 0. The van der Waals surface area contributed by atoms with Crippen molar-refractivity contribution >= 4 is 0 Å². The van der Waals surface area contributed by atoms with Crippen molar-refractivity contribution in [2.24, 2.45) is 0 Å². The lowest BCUT2D eigenvalue weighted by Gasteiger charge is -1.95. The van der Waals surface area contributed by atoms with E-state index in [1.54, 1.807) is 6.08 Å². The van der Waals surface area contributed by atoms with Crippen LogP contribution in [0.4, 0.5) is 0 Å². The zero-order valence-electron chi connectivity index (χ0n) is 7.03. The molecule has 0 fully saturated rings. The van der Waals surface area contributed by atoms with Crippen molar-refractivity contribution in [2.75, 3.05) is 0 Å². The van der Waals surface area contributed by atoms with Crippen LogP contribution in [-0.2, 0) is 6.42 Å². The molecule has 0 amide bonds. The third-order valence-electron chi connectivity index (χ3n) is 1.66. The molecule has 1 aromatic carbocycles. The molecule has 12 heavy (non-hydrogen) atoms. The molecular formula is C12H12. The molecule has 1 rings (SSSR count). The number of hydrogen-bond acceptors (Lipinski definition) is 0. The minimum absolute atomic E-state index is 1.02. The van der Waals surface area contributed by atoms with E-state index in [-0.39, 0.29) is 0 Å². The van der Waals surface area contributed by atoms with Gasteiger partial charge >= 0.3 is 0 Å². The first kappa shape index (κ1) is 8.62. The van der Waals surface area contributed by atoms with Gasteiger partial charge in [0.05, 0.1) is 0 Å². The van der Waals surface area contributed by atoms with E-state index in [0.717, 1.165) is 12.8 Å². The lowest BCUT2D eigenvalue weighted by Crippen LogP contribution is -1.80. The van der Waals surface area contributed by atoms with E-state index < -0.39 is 0 Å². The highest BCUT2D eigenvalue weighted by atomic mass is 13.9. The van der Waals surface area contributed by atoms with Crippen LogP contribution in [0.1, 0.15) is 12.0 Å². The predicted octanol–water partition coefficient (Wildman–Crippen LogP) is 2.81. The summed E-state index contributed by atoms with van der Waals surface area (Å²) in [7, 11) is 0. The largest absolute Gasteiger partial charge is 0.115 e. The summed E-state index contributed by atoms with van der Waals surface area (Å²) in [5.41, 5.74) is 1.36. The van der Waals surface area contributed by atoms with Crippen LogP contribution in [-0.4, -0.2) is 0 Å². The molecule has 0 aliphatic heterocycles. The predicted molar refractivity (Wildman–Crippen MR) is 52.7 cm³/mol. The molecule has 0 radical (unpaired) electrons. The number of terminal acetylenes is 1. The number of aryl methyl sites for hydroxylation is 1. The van der Waals surface area contributed by atoms with Gasteiger partial charge in [-0.2, -0.15) is 0 Å². The van der Waals surface area contributed by atoms with Gasteiger partial charge in [-0.1, -0.05) is 42.3 Å². The average Bonchev–Trinajstić information content (AvgIpc) is 2.14. The maximum atomic E-state index is 5.07. The molecule has 0 unspecified atom stereocenters. The fraction of sp³-hybridized carbons (Fsp3) is 0.167. The molecule has 0 aliphatic carbocycles. The monoisotopic (exact) mass is 156 g/mol. The van der Waals surface area contributed by atoms with Gasteiger partial charge in [0.2, 0.25) is 0 Å². The zero-order valence-corrected chi connectivity index (χ0v) is 7.03. The summed E-state index contributed by atoms with van der Waals surface area (Å²) in [6.07, 6.45) is 10.9. The second kappa shape index (κ2) is 5.21. The smallest absolute Gasteiger partial charge is 0.0161 e. The van der Waals surface area contributed by atoms with Crippen molar-refractivity contribution in [2.45, 2.75) is 12.8 Å². The second-order valence-corrected chi connectivity index (χ2v) is 2.59. The van der Waals surface area contributed by atoms with Gasteiger partial charge in [-0.25, -0.2) is 0 Å². The van der Waals surface area contributed by atoms with Gasteiger partial charge in [0.1, 0.15) is 0 Å². The van der Waals surface area contributed by atoms with Crippen molar-refractivity contribution < 1.29 is 0 Å². The highest BCUT2D eigenvalue weighted by molar-refractivity contribution is 5.16. The molecule has 0 nitrogen and oxygen atoms in total. The Balaban J connectivity index is 2.35. The normalized spacial score (nSPS) is 9.92. The molecular weight excluding hydrogens is 144 g/mol. The second-order valence-electron chi connectivity index (χ2n) is 2.59. The van der Waals surface area contributed by atoms with Crippen molar-refractivity contribution in [3.63, 3.8) is 0 Å². The van der Waals surface area contributed by atoms with E-state index in [9.17, 15) is 0 Å². The Morgan fingerprint density at radius 3 is 2.67 bits per heavy atom. The molecule has 0 aliphatic rings. The topological polar surface area (TPSA) is 0 Å². The van der Waals surface area contributed by atoms with Gasteiger partial charge in [0, 0.05) is 0 Å². The number of rotatable bonds is 3. The molecule has 0 N–H and O–H groups in total. The minimum atomic E-state index is 1.02. The molecule has 0 aromatic heterocycles. The van der Waals surface area contributed by atoms with E-state index in [0.29, 0.717) is 0 Å². The van der Waals surface area contributed by atoms with Gasteiger partial charge in [-0.05, 0) is 24.5 Å². The van der Waals surface area contributed by atoms with E-state index >= 15 is 0 Å². The van der Waals surface area contributed by atoms with Crippen molar-refractivity contribution in [3.05, 3.63) is 48.0 Å². The van der Waals surface area contributed by atoms with Crippen LogP contribution in [0.15, 0.2) is 42.5 Å². The van der Waals surface area contributed by atoms with Crippen molar-refractivity contribution in [3.8, 4) is 12.3 Å². The Morgan fingerprint density at radius 2 is 2.00 bits per heavy atom. The van der Waals surface area contributed by atoms with Crippen molar-refractivity contribution in [1.29, 1.82) is 0 Å². The molecule has 0 bridgehead atoms. The van der Waals surface area contributed by atoms with Gasteiger partial charge in [-0.3, -0.25) is 0 Å². The lowest BCUT2D eigenvalue weighted by molar-refractivity contribution is 1.00. The highest BCUT2D eigenvalue weighted by Crippen LogP contribution is 2.02. The summed E-state index contributed by atoms with van der Waals surface area (Å²) in [5, 5.41) is 0. The fourth-order valence-electron chi connectivity index (χ4n) is 1.05. The van der Waals surface area contributed by atoms with Gasteiger partial charge in [0.15, 0.2) is 0 Å². The first-order valence-corrected chi connectivity index (χ1v) is 4.08. The molecule has 0 heteroatoms. The van der Waals surface area contributed by atoms with Crippen LogP contribution in [0.25, 0.3) is 0 Å². The van der Waals surface area contributed by atoms with Gasteiger partial charge in [-0.15, -0.1) is 6.42 Å². The minimum Gasteiger partial charge on any atom is -0.115 e. The van der Waals surface area contributed by atoms with Crippen LogP contribution >= 0.6 is 0 Å². The Labute approximate surface area is 73.9 Å². The van der Waals surface area contributed by atoms with Crippen LogP contribution in [0.5, 0.6) is 0 Å². The van der Waals surface area contributed by atoms with E-state index in [1.807, 2.05) is 12.1 Å². The third-order valence-corrected chi connectivity index (χ3v) is 1.66. The molecule has 60 valence electrons. The fourth-order valence-corrected chi connectivity index (χ4v) is 1.05.